The number of rotatable bonds is 5. The third-order valence-electron chi connectivity index (χ3n) is 1.89. The Hall–Kier alpha value is -2.00. The van der Waals surface area contributed by atoms with Crippen molar-refractivity contribution >= 4 is 39.5 Å². The fraction of sp³-hybridized carbons (Fsp3) is 0.182. The van der Waals surface area contributed by atoms with E-state index in [0.717, 1.165) is 6.07 Å². The van der Waals surface area contributed by atoms with Crippen molar-refractivity contribution < 1.29 is 28.6 Å². The number of hydrogen-bond acceptors (Lipinski definition) is 4. The molecule has 0 aliphatic heterocycles. The molecule has 0 spiro atoms. The van der Waals surface area contributed by atoms with Gasteiger partial charge < -0.3 is 15.2 Å². The van der Waals surface area contributed by atoms with Gasteiger partial charge >= 0.3 is 12.0 Å². The van der Waals surface area contributed by atoms with E-state index in [9.17, 15) is 18.8 Å². The first kappa shape index (κ1) is 16.1. The zero-order chi connectivity index (χ0) is 15.1. The Labute approximate surface area is 121 Å². The summed E-state index contributed by atoms with van der Waals surface area (Å²) in [5.41, 5.74) is 0.141. The van der Waals surface area contributed by atoms with Crippen LogP contribution in [0.5, 0.6) is 0 Å². The average molecular weight is 349 g/mol. The van der Waals surface area contributed by atoms with Crippen molar-refractivity contribution in [2.75, 3.05) is 18.5 Å². The number of imide groups is 1. The predicted molar refractivity (Wildman–Crippen MR) is 69.7 cm³/mol. The second-order valence-corrected chi connectivity index (χ2v) is 4.37. The highest BCUT2D eigenvalue weighted by atomic mass is 79.9. The molecule has 0 saturated carbocycles. The Morgan fingerprint density at radius 2 is 2.00 bits per heavy atom. The zero-order valence-corrected chi connectivity index (χ0v) is 11.6. The Morgan fingerprint density at radius 3 is 2.65 bits per heavy atom. The van der Waals surface area contributed by atoms with Crippen LogP contribution < -0.4 is 10.6 Å². The number of ether oxygens (including phenoxy) is 1. The van der Waals surface area contributed by atoms with E-state index in [0.29, 0.717) is 4.47 Å². The van der Waals surface area contributed by atoms with Gasteiger partial charge in [0.15, 0.2) is 0 Å². The summed E-state index contributed by atoms with van der Waals surface area (Å²) >= 11 is 3.10. The predicted octanol–water partition coefficient (Wildman–Crippen LogP) is 1.34. The molecule has 0 aliphatic rings. The van der Waals surface area contributed by atoms with Crippen LogP contribution in [0.15, 0.2) is 22.7 Å². The van der Waals surface area contributed by atoms with Crippen LogP contribution in [0.2, 0.25) is 0 Å². The Morgan fingerprint density at radius 1 is 1.30 bits per heavy atom. The Kier molecular flexibility index (Phi) is 6.07. The fourth-order valence-corrected chi connectivity index (χ4v) is 1.49. The summed E-state index contributed by atoms with van der Waals surface area (Å²) < 4.78 is 17.9. The zero-order valence-electron chi connectivity index (χ0n) is 9.98. The van der Waals surface area contributed by atoms with Crippen molar-refractivity contribution in [2.45, 2.75) is 0 Å². The number of amides is 3. The van der Waals surface area contributed by atoms with Crippen molar-refractivity contribution in [1.82, 2.24) is 5.32 Å². The molecular formula is C11H10BrFN2O5. The Balaban J connectivity index is 2.45. The van der Waals surface area contributed by atoms with Gasteiger partial charge in [-0.05, 0) is 34.1 Å². The van der Waals surface area contributed by atoms with Crippen LogP contribution in [-0.4, -0.2) is 36.2 Å². The maximum Gasteiger partial charge on any atom is 0.329 e. The maximum absolute atomic E-state index is 13.0. The summed E-state index contributed by atoms with van der Waals surface area (Å²) in [7, 11) is 0. The number of carbonyl (C=O) groups excluding carboxylic acids is 2. The van der Waals surface area contributed by atoms with Gasteiger partial charge in [-0.1, -0.05) is 0 Å². The average Bonchev–Trinajstić information content (AvgIpc) is 2.33. The van der Waals surface area contributed by atoms with Crippen LogP contribution in [0.4, 0.5) is 14.9 Å². The van der Waals surface area contributed by atoms with Crippen LogP contribution in [-0.2, 0) is 14.3 Å². The van der Waals surface area contributed by atoms with Gasteiger partial charge in [0, 0.05) is 4.47 Å². The second kappa shape index (κ2) is 7.56. The van der Waals surface area contributed by atoms with E-state index in [1.54, 1.807) is 0 Å². The number of nitrogens with one attached hydrogen (secondary N) is 2. The summed E-state index contributed by atoms with van der Waals surface area (Å²) in [6, 6.07) is 2.76. The summed E-state index contributed by atoms with van der Waals surface area (Å²) in [6.45, 7) is -1.23. The second-order valence-electron chi connectivity index (χ2n) is 3.51. The van der Waals surface area contributed by atoms with Crippen LogP contribution in [0.1, 0.15) is 0 Å². The first-order chi connectivity index (χ1) is 9.38. The van der Waals surface area contributed by atoms with Gasteiger partial charge in [0.2, 0.25) is 0 Å². The lowest BCUT2D eigenvalue weighted by atomic mass is 10.3. The highest BCUT2D eigenvalue weighted by molar-refractivity contribution is 9.10. The number of anilines is 1. The molecule has 0 unspecified atom stereocenters. The largest absolute Gasteiger partial charge is 0.480 e. The third-order valence-corrected chi connectivity index (χ3v) is 2.58. The molecule has 0 aromatic heterocycles. The molecule has 0 atom stereocenters. The van der Waals surface area contributed by atoms with Gasteiger partial charge in [-0.25, -0.2) is 14.0 Å². The van der Waals surface area contributed by atoms with E-state index in [4.69, 9.17) is 5.11 Å². The quantitative estimate of drug-likeness (QED) is 0.744. The topological polar surface area (TPSA) is 105 Å². The first-order valence-corrected chi connectivity index (χ1v) is 6.03. The summed E-state index contributed by atoms with van der Waals surface area (Å²) in [5.74, 6) is -2.61. The number of aliphatic carboxylic acids is 1. The number of urea groups is 1. The molecule has 0 heterocycles. The third kappa shape index (κ3) is 5.76. The van der Waals surface area contributed by atoms with Gasteiger partial charge in [0.05, 0.1) is 5.69 Å². The summed E-state index contributed by atoms with van der Waals surface area (Å²) in [6.07, 6.45) is 0. The van der Waals surface area contributed by atoms with Crippen molar-refractivity contribution in [3.05, 3.63) is 28.5 Å². The molecule has 20 heavy (non-hydrogen) atoms. The molecule has 108 valence electrons. The van der Waals surface area contributed by atoms with Crippen LogP contribution in [0.3, 0.4) is 0 Å². The first-order valence-electron chi connectivity index (χ1n) is 5.24. The van der Waals surface area contributed by atoms with Crippen molar-refractivity contribution in [3.8, 4) is 0 Å². The molecule has 0 radical (unpaired) electrons. The van der Waals surface area contributed by atoms with Gasteiger partial charge in [-0.2, -0.15) is 0 Å². The van der Waals surface area contributed by atoms with Crippen molar-refractivity contribution in [2.24, 2.45) is 0 Å². The van der Waals surface area contributed by atoms with Gasteiger partial charge in [0.25, 0.3) is 5.91 Å². The smallest absolute Gasteiger partial charge is 0.329 e. The lowest BCUT2D eigenvalue weighted by molar-refractivity contribution is -0.143. The summed E-state index contributed by atoms with van der Waals surface area (Å²) in [5, 5.41) is 12.4. The molecule has 0 aliphatic carbocycles. The molecule has 1 aromatic rings. The minimum atomic E-state index is -1.23. The van der Waals surface area contributed by atoms with E-state index in [1.165, 1.54) is 12.1 Å². The molecule has 0 bridgehead atoms. The van der Waals surface area contributed by atoms with Crippen molar-refractivity contribution in [1.29, 1.82) is 0 Å². The van der Waals surface area contributed by atoms with Gasteiger partial charge in [0.1, 0.15) is 19.0 Å². The van der Waals surface area contributed by atoms with E-state index < -0.39 is 36.9 Å². The molecule has 3 N–H and O–H groups in total. The lowest BCUT2D eigenvalue weighted by Crippen LogP contribution is -2.37. The van der Waals surface area contributed by atoms with Crippen LogP contribution in [0, 0.1) is 5.82 Å². The minimum absolute atomic E-state index is 0.141. The highest BCUT2D eigenvalue weighted by Gasteiger charge is 2.11. The van der Waals surface area contributed by atoms with Crippen molar-refractivity contribution in [3.63, 3.8) is 0 Å². The van der Waals surface area contributed by atoms with E-state index in [1.807, 2.05) is 5.32 Å². The van der Waals surface area contributed by atoms with E-state index in [-0.39, 0.29) is 5.69 Å². The van der Waals surface area contributed by atoms with E-state index >= 15 is 0 Å². The normalized spacial score (nSPS) is 9.90. The molecule has 9 heteroatoms. The molecule has 3 amide bonds. The molecule has 0 saturated heterocycles. The highest BCUT2D eigenvalue weighted by Crippen LogP contribution is 2.22. The number of hydrogen-bond donors (Lipinski definition) is 3. The molecule has 7 nitrogen and oxygen atoms in total. The SMILES string of the molecule is O=C(O)COCC(=O)NC(=O)Nc1cc(F)ccc1Br. The van der Waals surface area contributed by atoms with E-state index in [2.05, 4.69) is 26.0 Å². The molecule has 1 rings (SSSR count). The number of carboxylic acid groups (broad SMARTS) is 1. The van der Waals surface area contributed by atoms with Gasteiger partial charge in [-0.3, -0.25) is 10.1 Å². The molecular weight excluding hydrogens is 339 g/mol. The van der Waals surface area contributed by atoms with Gasteiger partial charge in [-0.15, -0.1) is 0 Å². The van der Waals surface area contributed by atoms with Crippen LogP contribution >= 0.6 is 15.9 Å². The number of carboxylic acids is 1. The van der Waals surface area contributed by atoms with Crippen LogP contribution in [0.25, 0.3) is 0 Å². The number of carbonyl (C=O) groups is 3. The molecule has 1 aromatic carbocycles. The maximum atomic E-state index is 13.0. The lowest BCUT2D eigenvalue weighted by Gasteiger charge is -2.08. The number of halogens is 2. The molecule has 0 fully saturated rings. The standard InChI is InChI=1S/C11H10BrFN2O5/c12-7-2-1-6(13)3-8(7)14-11(19)15-9(16)4-20-5-10(17)18/h1-3H,4-5H2,(H,17,18)(H2,14,15,16,19). The summed E-state index contributed by atoms with van der Waals surface area (Å²) in [4.78, 5) is 32.8. The minimum Gasteiger partial charge on any atom is -0.480 e. The Bertz CT molecular complexity index is 538. The fourth-order valence-electron chi connectivity index (χ4n) is 1.14. The monoisotopic (exact) mass is 348 g/mol. The number of benzene rings is 1.